The summed E-state index contributed by atoms with van der Waals surface area (Å²) in [6.07, 6.45) is 1.68. The number of nitrogens with zero attached hydrogens (tertiary/aromatic N) is 8. The monoisotopic (exact) mass is 523 g/mol. The van der Waals surface area contributed by atoms with Gasteiger partial charge in [0.15, 0.2) is 5.65 Å². The van der Waals surface area contributed by atoms with Gasteiger partial charge in [0.05, 0.1) is 16.1 Å². The summed E-state index contributed by atoms with van der Waals surface area (Å²) in [5.41, 5.74) is 9.39. The van der Waals surface area contributed by atoms with Gasteiger partial charge in [0.25, 0.3) is 0 Å². The van der Waals surface area contributed by atoms with Crippen LogP contribution in [0.5, 0.6) is 0 Å². The molecule has 1 fully saturated rings. The van der Waals surface area contributed by atoms with Crippen LogP contribution >= 0.6 is 11.6 Å². The molecule has 0 amide bonds. The number of anilines is 2. The highest BCUT2D eigenvalue weighted by Crippen LogP contribution is 2.33. The second-order valence-electron chi connectivity index (χ2n) is 9.03. The SMILES string of the molecule is Cc1c(Cl)c2c(nc(N)n3nc(-c4ccccn4)nc23)n1CCN1CCN(c2ccc(F)cc2F)CC1. The molecule has 5 aromatic rings. The van der Waals surface area contributed by atoms with Gasteiger partial charge >= 0.3 is 0 Å². The van der Waals surface area contributed by atoms with Crippen molar-refractivity contribution < 1.29 is 8.78 Å². The van der Waals surface area contributed by atoms with E-state index in [-0.39, 0.29) is 5.95 Å². The van der Waals surface area contributed by atoms with Crippen LogP contribution in [0, 0.1) is 18.6 Å². The van der Waals surface area contributed by atoms with Crippen molar-refractivity contribution >= 4 is 39.9 Å². The number of rotatable bonds is 5. The fraction of sp³-hybridized carbons (Fsp3) is 0.280. The highest BCUT2D eigenvalue weighted by molar-refractivity contribution is 6.37. The Morgan fingerprint density at radius 2 is 1.81 bits per heavy atom. The van der Waals surface area contributed by atoms with Gasteiger partial charge in [-0.05, 0) is 31.2 Å². The first-order valence-corrected chi connectivity index (χ1v) is 12.3. The predicted molar refractivity (Wildman–Crippen MR) is 139 cm³/mol. The van der Waals surface area contributed by atoms with Crippen molar-refractivity contribution in [2.24, 2.45) is 0 Å². The minimum Gasteiger partial charge on any atom is -0.368 e. The van der Waals surface area contributed by atoms with Gasteiger partial charge in [-0.25, -0.2) is 13.8 Å². The van der Waals surface area contributed by atoms with Gasteiger partial charge in [-0.1, -0.05) is 17.7 Å². The number of aromatic nitrogens is 6. The van der Waals surface area contributed by atoms with Crippen LogP contribution in [0.4, 0.5) is 20.4 Å². The third-order valence-corrected chi connectivity index (χ3v) is 7.31. The van der Waals surface area contributed by atoms with Crippen LogP contribution in [0.2, 0.25) is 5.02 Å². The minimum atomic E-state index is -0.571. The second kappa shape index (κ2) is 9.24. The lowest BCUT2D eigenvalue weighted by Gasteiger charge is -2.36. The molecule has 0 atom stereocenters. The van der Waals surface area contributed by atoms with Gasteiger partial charge in [-0.2, -0.15) is 9.50 Å². The zero-order chi connectivity index (χ0) is 25.7. The standard InChI is InChI=1S/C25H24ClF2N9/c1-15-21(26)20-23(32-25(29)37-24(20)31-22(33-37)18-4-2-3-7-30-18)36(15)13-10-34-8-11-35(12-9-34)19-6-5-16(27)14-17(19)28/h2-7,14H,8-13H2,1H3,(H2,29,32). The lowest BCUT2D eigenvalue weighted by Crippen LogP contribution is -2.47. The van der Waals surface area contributed by atoms with E-state index < -0.39 is 11.6 Å². The molecule has 0 spiro atoms. The molecule has 0 saturated carbocycles. The van der Waals surface area contributed by atoms with Crippen LogP contribution in [0.15, 0.2) is 42.6 Å². The summed E-state index contributed by atoms with van der Waals surface area (Å²) in [5, 5.41) is 5.76. The van der Waals surface area contributed by atoms with E-state index in [9.17, 15) is 8.78 Å². The highest BCUT2D eigenvalue weighted by atomic mass is 35.5. The molecule has 1 aromatic carbocycles. The Balaban J connectivity index is 1.24. The van der Waals surface area contributed by atoms with E-state index in [2.05, 4.69) is 29.5 Å². The van der Waals surface area contributed by atoms with Gasteiger partial charge < -0.3 is 15.2 Å². The molecule has 190 valence electrons. The van der Waals surface area contributed by atoms with Crippen LogP contribution < -0.4 is 10.6 Å². The van der Waals surface area contributed by atoms with Crippen molar-refractivity contribution in [1.29, 1.82) is 0 Å². The molecule has 9 nitrogen and oxygen atoms in total. The number of pyridine rings is 1. The Bertz CT molecular complexity index is 1610. The molecule has 0 aliphatic carbocycles. The summed E-state index contributed by atoms with van der Waals surface area (Å²) in [6.45, 7) is 6.14. The fourth-order valence-electron chi connectivity index (χ4n) is 4.86. The van der Waals surface area contributed by atoms with E-state index in [0.717, 1.165) is 31.4 Å². The molecule has 12 heteroatoms. The highest BCUT2D eigenvalue weighted by Gasteiger charge is 2.24. The molecule has 0 unspecified atom stereocenters. The van der Waals surface area contributed by atoms with E-state index in [1.165, 1.54) is 16.6 Å². The van der Waals surface area contributed by atoms with Gasteiger partial charge in [0, 0.05) is 57.2 Å². The number of piperazine rings is 1. The van der Waals surface area contributed by atoms with Crippen molar-refractivity contribution in [3.63, 3.8) is 0 Å². The summed E-state index contributed by atoms with van der Waals surface area (Å²) in [6, 6.07) is 9.24. The zero-order valence-electron chi connectivity index (χ0n) is 20.1. The first-order valence-electron chi connectivity index (χ1n) is 11.9. The molecule has 6 rings (SSSR count). The number of halogens is 3. The van der Waals surface area contributed by atoms with Crippen LogP contribution in [0.3, 0.4) is 0 Å². The number of fused-ring (bicyclic) bond motifs is 3. The summed E-state index contributed by atoms with van der Waals surface area (Å²) >= 11 is 6.79. The molecule has 1 saturated heterocycles. The van der Waals surface area contributed by atoms with Crippen LogP contribution in [0.25, 0.3) is 28.2 Å². The van der Waals surface area contributed by atoms with Crippen LogP contribution in [0.1, 0.15) is 5.69 Å². The van der Waals surface area contributed by atoms with E-state index in [0.29, 0.717) is 58.5 Å². The lowest BCUT2D eigenvalue weighted by molar-refractivity contribution is 0.248. The first kappa shape index (κ1) is 23.6. The van der Waals surface area contributed by atoms with E-state index in [1.807, 2.05) is 30.0 Å². The molecule has 1 aliphatic rings. The van der Waals surface area contributed by atoms with Crippen molar-refractivity contribution in [3.8, 4) is 11.5 Å². The number of hydrogen-bond acceptors (Lipinski definition) is 7. The van der Waals surface area contributed by atoms with Crippen molar-refractivity contribution in [2.75, 3.05) is 43.4 Å². The smallest absolute Gasteiger partial charge is 0.225 e. The first-order chi connectivity index (χ1) is 17.9. The average molecular weight is 524 g/mol. The van der Waals surface area contributed by atoms with Gasteiger partial charge in [0.1, 0.15) is 23.0 Å². The van der Waals surface area contributed by atoms with Crippen molar-refractivity contribution in [2.45, 2.75) is 13.5 Å². The van der Waals surface area contributed by atoms with E-state index in [1.54, 1.807) is 6.20 Å². The van der Waals surface area contributed by atoms with Crippen molar-refractivity contribution in [3.05, 3.63) is 64.9 Å². The molecule has 1 aliphatic heterocycles. The number of nitrogens with two attached hydrogens (primary N) is 1. The maximum atomic E-state index is 14.2. The quantitative estimate of drug-likeness (QED) is 0.374. The molecular formula is C25H24ClF2N9. The number of nitrogen functional groups attached to an aromatic ring is 1. The third-order valence-electron chi connectivity index (χ3n) is 6.85. The summed E-state index contributed by atoms with van der Waals surface area (Å²) in [7, 11) is 0. The molecule has 37 heavy (non-hydrogen) atoms. The van der Waals surface area contributed by atoms with E-state index in [4.69, 9.17) is 17.3 Å². The maximum Gasteiger partial charge on any atom is 0.225 e. The largest absolute Gasteiger partial charge is 0.368 e. The average Bonchev–Trinajstić information content (AvgIpc) is 3.44. The maximum absolute atomic E-state index is 14.2. The second-order valence-corrected chi connectivity index (χ2v) is 9.41. The Morgan fingerprint density at radius 1 is 1.00 bits per heavy atom. The summed E-state index contributed by atoms with van der Waals surface area (Å²) < 4.78 is 31.0. The molecule has 5 heterocycles. The molecular weight excluding hydrogens is 500 g/mol. The summed E-state index contributed by atoms with van der Waals surface area (Å²) in [5.74, 6) is -0.452. The lowest BCUT2D eigenvalue weighted by atomic mass is 10.2. The van der Waals surface area contributed by atoms with Gasteiger partial charge in [0.2, 0.25) is 11.8 Å². The predicted octanol–water partition coefficient (Wildman–Crippen LogP) is 3.79. The molecule has 0 radical (unpaired) electrons. The molecule has 4 aromatic heterocycles. The Labute approximate surface area is 216 Å². The van der Waals surface area contributed by atoms with Gasteiger partial charge in [-0.15, -0.1) is 5.10 Å². The van der Waals surface area contributed by atoms with Crippen LogP contribution in [-0.4, -0.2) is 66.8 Å². The normalized spacial score (nSPS) is 14.8. The molecule has 0 bridgehead atoms. The minimum absolute atomic E-state index is 0.211. The van der Waals surface area contributed by atoms with Gasteiger partial charge in [-0.3, -0.25) is 9.88 Å². The Hall–Kier alpha value is -3.83. The number of benzene rings is 1. The number of hydrogen-bond donors (Lipinski definition) is 1. The van der Waals surface area contributed by atoms with Crippen LogP contribution in [-0.2, 0) is 6.54 Å². The molecule has 2 N–H and O–H groups in total. The third kappa shape index (κ3) is 4.13. The Morgan fingerprint density at radius 3 is 2.54 bits per heavy atom. The topological polar surface area (TPSA) is 93.4 Å². The summed E-state index contributed by atoms with van der Waals surface area (Å²) in [4.78, 5) is 17.9. The van der Waals surface area contributed by atoms with E-state index >= 15 is 0 Å². The van der Waals surface area contributed by atoms with Crippen molar-refractivity contribution in [1.82, 2.24) is 34.0 Å². The fourth-order valence-corrected chi connectivity index (χ4v) is 5.14. The Kier molecular flexibility index (Phi) is 5.88. The zero-order valence-corrected chi connectivity index (χ0v) is 20.8.